The number of furan rings is 4. The summed E-state index contributed by atoms with van der Waals surface area (Å²) in [6.07, 6.45) is 4.08. The maximum absolute atomic E-state index is 6.55. The number of aryl methyl sites for hydroxylation is 13. The lowest BCUT2D eigenvalue weighted by molar-refractivity contribution is -0.659. The fourth-order valence-corrected chi connectivity index (χ4v) is 19.5. The van der Waals surface area contributed by atoms with Crippen molar-refractivity contribution in [2.24, 2.45) is 28.2 Å². The van der Waals surface area contributed by atoms with Crippen LogP contribution in [0.3, 0.4) is 0 Å². The lowest BCUT2D eigenvalue weighted by Gasteiger charge is -2.11. The summed E-state index contributed by atoms with van der Waals surface area (Å²) in [5.74, 6) is 0. The van der Waals surface area contributed by atoms with Gasteiger partial charge in [-0.15, -0.1) is 0 Å². The summed E-state index contributed by atoms with van der Waals surface area (Å²) < 4.78 is 34.9. The number of hydrogen-bond donors (Lipinski definition) is 0. The fraction of sp³-hybridized carbons (Fsp3) is 0.135. The molecule has 24 rings (SSSR count). The molecule has 0 fully saturated rings. The standard InChI is InChI=1S/2C29H25N2O.C27H21N2O.C26H19N2O/c1-16-14-23-27-22-12-7-6-11-21(22)19(4)30-29(27)32-28(23)26(18(16)3)25-15-17(2)20-10-8-9-13-24(20)31(25)5;1-16-9-8-12-24-20(16)13-14-25(31(24)5)26-18(3)17(2)15-23-27-22-11-7-6-10-21(22)19(4)30-29(27)32-28(23)26;1-16-12-13-22-25-21-11-7-6-10-20(21)17(2)28-27(25)30-26(22)24(16)23-14-18-8-4-5-9-19(18)15-29(23)3;1-16-11-13-20-24-19-9-5-3-8-18(19)15-27-26(24)29-25(20)23(16)22-14-12-17-7-4-6-10-21(17)28(22)2/h2*6-15H,1-5H3;4-15H,1-3H3;3-15H,1-2H3/q4*+1. The van der Waals surface area contributed by atoms with Crippen molar-refractivity contribution in [3.05, 3.63) is 335 Å². The van der Waals surface area contributed by atoms with E-state index in [2.05, 4.69) is 382 Å². The third-order valence-corrected chi connectivity index (χ3v) is 26.1. The molecule has 12 nitrogen and oxygen atoms in total. The molecule has 0 amide bonds. The second kappa shape index (κ2) is 29.2. The molecule has 0 N–H and O–H groups in total. The van der Waals surface area contributed by atoms with Crippen molar-refractivity contribution in [3.8, 4) is 45.0 Å². The molecule has 0 atom stereocenters. The van der Waals surface area contributed by atoms with Gasteiger partial charge in [-0.25, -0.2) is 24.5 Å². The van der Waals surface area contributed by atoms with Gasteiger partial charge in [-0.1, -0.05) is 176 Å². The topological polar surface area (TPSA) is 120 Å². The number of nitrogens with zero attached hydrogens (tertiary/aromatic N) is 8. The maximum Gasteiger partial charge on any atom is 0.228 e. The number of aromatic nitrogens is 8. The van der Waals surface area contributed by atoms with Gasteiger partial charge in [0, 0.05) is 130 Å². The van der Waals surface area contributed by atoms with Gasteiger partial charge >= 0.3 is 0 Å². The first-order chi connectivity index (χ1) is 59.7. The summed E-state index contributed by atoms with van der Waals surface area (Å²) in [7, 11) is 8.50. The molecule has 0 unspecified atom stereocenters. The van der Waals surface area contributed by atoms with E-state index in [1.165, 1.54) is 126 Å². The van der Waals surface area contributed by atoms with Crippen LogP contribution in [-0.2, 0) is 28.2 Å². The molecule has 0 aliphatic heterocycles. The average Bonchev–Trinajstić information content (AvgIpc) is 1.58. The third kappa shape index (κ3) is 12.1. The minimum absolute atomic E-state index is 0.689. The smallest absolute Gasteiger partial charge is 0.228 e. The molecule has 0 saturated carbocycles. The van der Waals surface area contributed by atoms with Crippen LogP contribution < -0.4 is 18.3 Å². The molecular weight excluding hydrogens is 1510 g/mol. The van der Waals surface area contributed by atoms with Gasteiger partial charge in [0.2, 0.25) is 62.2 Å². The second-order valence-electron chi connectivity index (χ2n) is 33.4. The molecule has 0 saturated heterocycles. The Morgan fingerprint density at radius 1 is 0.236 bits per heavy atom. The maximum atomic E-state index is 6.55. The third-order valence-electron chi connectivity index (χ3n) is 26.1. The highest BCUT2D eigenvalue weighted by molar-refractivity contribution is 6.24. The molecule has 0 radical (unpaired) electrons. The summed E-state index contributed by atoms with van der Waals surface area (Å²) in [4.78, 5) is 19.1. The molecule has 0 aliphatic carbocycles. The highest BCUT2D eigenvalue weighted by atomic mass is 16.4. The monoisotopic (exact) mass is 1600 g/mol. The minimum Gasteiger partial charge on any atom is -0.437 e. The predicted octanol–water partition coefficient (Wildman–Crippen LogP) is 26.5. The summed E-state index contributed by atoms with van der Waals surface area (Å²) in [6.45, 7) is 23.5. The molecule has 123 heavy (non-hydrogen) atoms. The predicted molar refractivity (Wildman–Crippen MR) is 505 cm³/mol. The Hall–Kier alpha value is -14.9. The first-order valence-corrected chi connectivity index (χ1v) is 42.1. The zero-order chi connectivity index (χ0) is 84.2. The Labute approximate surface area is 710 Å². The van der Waals surface area contributed by atoms with E-state index in [-0.39, 0.29) is 0 Å². The van der Waals surface area contributed by atoms with Gasteiger partial charge in [-0.2, -0.15) is 13.7 Å². The first kappa shape index (κ1) is 75.6. The molecule has 12 heterocycles. The molecule has 594 valence electrons. The van der Waals surface area contributed by atoms with Gasteiger partial charge in [0.05, 0.1) is 43.8 Å². The minimum atomic E-state index is 0.689. The van der Waals surface area contributed by atoms with Crippen LogP contribution in [0.25, 0.3) is 220 Å². The zero-order valence-corrected chi connectivity index (χ0v) is 71.7. The van der Waals surface area contributed by atoms with E-state index in [0.717, 1.165) is 133 Å². The van der Waals surface area contributed by atoms with E-state index in [9.17, 15) is 0 Å². The number of rotatable bonds is 4. The van der Waals surface area contributed by atoms with E-state index in [4.69, 9.17) is 32.6 Å². The lowest BCUT2D eigenvalue weighted by atomic mass is 9.94. The SMILES string of the molecule is Cc1cc2c(oc3nc(C)c4ccccc4c32)c(-c2cc(C)c3ccccc3[n+]2C)c1C.Cc1cc2c(oc3nc(C)c4ccccc4c32)c(-c2ccc3c(C)cccc3[n+]2C)c1C.Cc1ccc2c(oc3nc(C)c4ccccc4c32)c1-c1cc2ccccc2c[n+]1C.Cc1ccc2c(oc3ncc4ccccc4c32)c1-c1ccc2ccccc2[n+]1C. The van der Waals surface area contributed by atoms with E-state index in [1.807, 2.05) is 19.2 Å². The van der Waals surface area contributed by atoms with Crippen molar-refractivity contribution in [3.63, 3.8) is 0 Å². The Morgan fingerprint density at radius 3 is 1.18 bits per heavy atom. The molecule has 12 heteroatoms. The Morgan fingerprint density at radius 2 is 0.618 bits per heavy atom. The van der Waals surface area contributed by atoms with Gasteiger partial charge in [0.1, 0.15) is 28.2 Å². The molecule has 24 aromatic rings. The summed E-state index contributed by atoms with van der Waals surface area (Å²) in [5, 5.41) is 24.5. The Balaban J connectivity index is 0.000000101. The lowest BCUT2D eigenvalue weighted by Crippen LogP contribution is -2.32. The normalized spacial score (nSPS) is 11.9. The van der Waals surface area contributed by atoms with Crippen LogP contribution in [0.1, 0.15) is 61.6 Å². The van der Waals surface area contributed by atoms with Crippen molar-refractivity contribution in [2.75, 3.05) is 0 Å². The average molecular weight is 1600 g/mol. The highest BCUT2D eigenvalue weighted by Crippen LogP contribution is 2.47. The number of fused-ring (bicyclic) bond motifs is 24. The molecule has 0 aliphatic rings. The van der Waals surface area contributed by atoms with Crippen LogP contribution in [0, 0.1) is 76.2 Å². The largest absolute Gasteiger partial charge is 0.437 e. The number of pyridine rings is 8. The number of benzene rings is 12. The van der Waals surface area contributed by atoms with E-state index in [0.29, 0.717) is 22.9 Å². The van der Waals surface area contributed by atoms with Crippen LogP contribution >= 0.6 is 0 Å². The van der Waals surface area contributed by atoms with E-state index < -0.39 is 0 Å². The molecule has 12 aromatic carbocycles. The summed E-state index contributed by atoms with van der Waals surface area (Å²) in [5.41, 5.74) is 32.1. The van der Waals surface area contributed by atoms with Crippen LogP contribution in [0.2, 0.25) is 0 Å². The van der Waals surface area contributed by atoms with Gasteiger partial charge in [-0.3, -0.25) is 0 Å². The van der Waals surface area contributed by atoms with Crippen molar-refractivity contribution in [1.29, 1.82) is 0 Å². The molecule has 0 spiro atoms. The van der Waals surface area contributed by atoms with E-state index >= 15 is 0 Å². The quantitative estimate of drug-likeness (QED) is 0.160. The highest BCUT2D eigenvalue weighted by Gasteiger charge is 2.31. The van der Waals surface area contributed by atoms with Crippen LogP contribution in [-0.4, -0.2) is 19.9 Å². The first-order valence-electron chi connectivity index (χ1n) is 42.1. The molecular formula is C111H90N8O4+4. The number of hydrogen-bond acceptors (Lipinski definition) is 8. The number of para-hydroxylation sites is 2. The van der Waals surface area contributed by atoms with Crippen molar-refractivity contribution >= 4 is 175 Å². The molecule has 0 bridgehead atoms. The Kier molecular flexibility index (Phi) is 18.0. The fourth-order valence-electron chi connectivity index (χ4n) is 19.5. The second-order valence-corrected chi connectivity index (χ2v) is 33.4. The van der Waals surface area contributed by atoms with Crippen LogP contribution in [0.15, 0.2) is 291 Å². The van der Waals surface area contributed by atoms with Gasteiger partial charge in [0.25, 0.3) is 0 Å². The summed E-state index contributed by atoms with van der Waals surface area (Å²) in [6, 6.07) is 92.3. The van der Waals surface area contributed by atoms with Gasteiger partial charge < -0.3 is 17.7 Å². The van der Waals surface area contributed by atoms with Crippen molar-refractivity contribution in [1.82, 2.24) is 19.9 Å². The van der Waals surface area contributed by atoms with Crippen molar-refractivity contribution < 1.29 is 35.9 Å². The van der Waals surface area contributed by atoms with Crippen LogP contribution in [0.4, 0.5) is 0 Å². The Bertz CT molecular complexity index is 8640. The molecule has 12 aromatic heterocycles. The zero-order valence-electron chi connectivity index (χ0n) is 71.7. The van der Waals surface area contributed by atoms with Crippen LogP contribution in [0.5, 0.6) is 0 Å². The van der Waals surface area contributed by atoms with Crippen molar-refractivity contribution in [2.45, 2.75) is 76.2 Å². The van der Waals surface area contributed by atoms with Gasteiger partial charge in [0.15, 0.2) is 28.5 Å². The van der Waals surface area contributed by atoms with Gasteiger partial charge in [-0.05, 0) is 190 Å². The summed E-state index contributed by atoms with van der Waals surface area (Å²) >= 11 is 0. The van der Waals surface area contributed by atoms with E-state index in [1.54, 1.807) is 0 Å².